The number of carboxylic acid groups (broad SMARTS) is 1. The van der Waals surface area contributed by atoms with Crippen molar-refractivity contribution in [3.05, 3.63) is 23.8 Å². The van der Waals surface area contributed by atoms with Crippen LogP contribution in [0.15, 0.2) is 23.8 Å². The molecule has 60 valence electrons. The van der Waals surface area contributed by atoms with Gasteiger partial charge in [0.2, 0.25) is 0 Å². The Labute approximate surface area is 63.1 Å². The number of aliphatic hydroxyl groups is 2. The Balaban J connectivity index is 2.80. The molecule has 3 N–H and O–H groups in total. The molecule has 0 saturated heterocycles. The molecule has 1 aliphatic carbocycles. The summed E-state index contributed by atoms with van der Waals surface area (Å²) in [5, 5.41) is 26.3. The molecule has 0 bridgehead atoms. The quantitative estimate of drug-likeness (QED) is 0.468. The van der Waals surface area contributed by atoms with Gasteiger partial charge in [-0.15, -0.1) is 0 Å². The lowest BCUT2D eigenvalue weighted by atomic mass is 10.0. The zero-order valence-electron chi connectivity index (χ0n) is 5.64. The van der Waals surface area contributed by atoms with Crippen LogP contribution >= 0.6 is 0 Å². The van der Waals surface area contributed by atoms with Gasteiger partial charge in [-0.1, -0.05) is 6.08 Å². The maximum absolute atomic E-state index is 10.3. The Kier molecular flexibility index (Phi) is 2.07. The molecule has 4 nitrogen and oxygen atoms in total. The van der Waals surface area contributed by atoms with Crippen LogP contribution < -0.4 is 0 Å². The standard InChI is InChI=1S/C7H8O4/c8-5-2-1-4(7(10)11)3-6(5)9/h1-3,5-6,8-9H,(H,10,11)/t5-,6+/m1/s1. The molecule has 0 unspecified atom stereocenters. The number of aliphatic carboxylic acids is 1. The van der Waals surface area contributed by atoms with Gasteiger partial charge in [0.25, 0.3) is 0 Å². The van der Waals surface area contributed by atoms with Crippen molar-refractivity contribution < 1.29 is 20.1 Å². The molecule has 1 aliphatic rings. The fraction of sp³-hybridized carbons (Fsp3) is 0.286. The van der Waals surface area contributed by atoms with Gasteiger partial charge in [0, 0.05) is 0 Å². The second-order valence-electron chi connectivity index (χ2n) is 2.27. The summed E-state index contributed by atoms with van der Waals surface area (Å²) in [6, 6.07) is 0. The molecule has 0 radical (unpaired) electrons. The molecule has 11 heavy (non-hydrogen) atoms. The molecule has 0 spiro atoms. The molecular formula is C7H8O4. The first kappa shape index (κ1) is 7.97. The van der Waals surface area contributed by atoms with Crippen molar-refractivity contribution in [3.63, 3.8) is 0 Å². The van der Waals surface area contributed by atoms with Crippen molar-refractivity contribution in [1.82, 2.24) is 0 Å². The predicted octanol–water partition coefficient (Wildman–Crippen LogP) is -0.711. The van der Waals surface area contributed by atoms with Gasteiger partial charge in [-0.05, 0) is 12.2 Å². The van der Waals surface area contributed by atoms with Gasteiger partial charge < -0.3 is 15.3 Å². The maximum Gasteiger partial charge on any atom is 0.335 e. The summed E-state index contributed by atoms with van der Waals surface area (Å²) >= 11 is 0. The van der Waals surface area contributed by atoms with E-state index in [0.717, 1.165) is 6.08 Å². The first-order valence-electron chi connectivity index (χ1n) is 3.10. The molecule has 0 aromatic heterocycles. The summed E-state index contributed by atoms with van der Waals surface area (Å²) in [6.07, 6.45) is 1.52. The summed E-state index contributed by atoms with van der Waals surface area (Å²) in [5.74, 6) is -1.10. The molecule has 2 atom stereocenters. The summed E-state index contributed by atoms with van der Waals surface area (Å²) in [4.78, 5) is 10.3. The van der Waals surface area contributed by atoms with Crippen LogP contribution in [-0.2, 0) is 4.79 Å². The summed E-state index contributed by atoms with van der Waals surface area (Å²) in [6.45, 7) is 0. The van der Waals surface area contributed by atoms with Gasteiger partial charge in [0.1, 0.15) is 12.2 Å². The molecule has 0 heterocycles. The Morgan fingerprint density at radius 1 is 1.36 bits per heavy atom. The van der Waals surface area contributed by atoms with Crippen molar-refractivity contribution >= 4 is 5.97 Å². The molecule has 0 saturated carbocycles. The average molecular weight is 156 g/mol. The van der Waals surface area contributed by atoms with Crippen molar-refractivity contribution in [1.29, 1.82) is 0 Å². The Morgan fingerprint density at radius 2 is 2.00 bits per heavy atom. The average Bonchev–Trinajstić information content (AvgIpc) is 1.94. The van der Waals surface area contributed by atoms with Crippen molar-refractivity contribution in [2.24, 2.45) is 0 Å². The van der Waals surface area contributed by atoms with E-state index in [2.05, 4.69) is 0 Å². The van der Waals surface area contributed by atoms with Crippen LogP contribution in [0, 0.1) is 0 Å². The lowest BCUT2D eigenvalue weighted by Gasteiger charge is -2.14. The Hall–Kier alpha value is -1.13. The number of rotatable bonds is 1. The Bertz CT molecular complexity index is 229. The minimum Gasteiger partial charge on any atom is -0.478 e. The molecule has 1 rings (SSSR count). The number of aliphatic hydroxyl groups excluding tert-OH is 2. The van der Waals surface area contributed by atoms with E-state index >= 15 is 0 Å². The predicted molar refractivity (Wildman–Crippen MR) is 36.9 cm³/mol. The lowest BCUT2D eigenvalue weighted by molar-refractivity contribution is -0.132. The van der Waals surface area contributed by atoms with Crippen LogP contribution in [0.5, 0.6) is 0 Å². The van der Waals surface area contributed by atoms with Gasteiger partial charge in [0.05, 0.1) is 5.57 Å². The minimum absolute atomic E-state index is 0.00259. The van der Waals surface area contributed by atoms with Gasteiger partial charge >= 0.3 is 5.97 Å². The summed E-state index contributed by atoms with van der Waals surface area (Å²) < 4.78 is 0. The van der Waals surface area contributed by atoms with Gasteiger partial charge in [-0.25, -0.2) is 4.79 Å². The topological polar surface area (TPSA) is 77.8 Å². The van der Waals surface area contributed by atoms with Gasteiger partial charge in [-0.3, -0.25) is 0 Å². The molecule has 0 fully saturated rings. The third-order valence-corrected chi connectivity index (χ3v) is 1.42. The van der Waals surface area contributed by atoms with Crippen molar-refractivity contribution in [3.8, 4) is 0 Å². The SMILES string of the molecule is O=C(O)C1=C[C@H](O)[C@H](O)C=C1. The van der Waals surface area contributed by atoms with E-state index in [-0.39, 0.29) is 5.57 Å². The smallest absolute Gasteiger partial charge is 0.335 e. The van der Waals surface area contributed by atoms with E-state index in [0.29, 0.717) is 0 Å². The second-order valence-corrected chi connectivity index (χ2v) is 2.27. The number of carboxylic acids is 1. The molecule has 0 aromatic carbocycles. The second kappa shape index (κ2) is 2.86. The van der Waals surface area contributed by atoms with E-state index < -0.39 is 18.2 Å². The first-order chi connectivity index (χ1) is 5.11. The van der Waals surface area contributed by atoms with E-state index in [1.165, 1.54) is 12.2 Å². The summed E-state index contributed by atoms with van der Waals surface area (Å²) in [5.41, 5.74) is 0.00259. The fourth-order valence-electron chi connectivity index (χ4n) is 0.797. The highest BCUT2D eigenvalue weighted by atomic mass is 16.4. The fourth-order valence-corrected chi connectivity index (χ4v) is 0.797. The van der Waals surface area contributed by atoms with E-state index in [4.69, 9.17) is 15.3 Å². The van der Waals surface area contributed by atoms with E-state index in [1.807, 2.05) is 0 Å². The third-order valence-electron chi connectivity index (χ3n) is 1.42. The van der Waals surface area contributed by atoms with Crippen molar-refractivity contribution in [2.75, 3.05) is 0 Å². The molecular weight excluding hydrogens is 148 g/mol. The highest BCUT2D eigenvalue weighted by Gasteiger charge is 2.18. The zero-order chi connectivity index (χ0) is 8.43. The van der Waals surface area contributed by atoms with Crippen LogP contribution in [0.3, 0.4) is 0 Å². The number of carbonyl (C=O) groups is 1. The molecule has 4 heteroatoms. The van der Waals surface area contributed by atoms with Crippen LogP contribution in [0.25, 0.3) is 0 Å². The molecule has 0 amide bonds. The zero-order valence-corrected chi connectivity index (χ0v) is 5.64. The molecule has 0 aliphatic heterocycles. The highest BCUT2D eigenvalue weighted by molar-refractivity contribution is 5.90. The lowest BCUT2D eigenvalue weighted by Crippen LogP contribution is -2.25. The maximum atomic E-state index is 10.3. The number of hydrogen-bond acceptors (Lipinski definition) is 3. The van der Waals surface area contributed by atoms with Gasteiger partial charge in [-0.2, -0.15) is 0 Å². The van der Waals surface area contributed by atoms with E-state index in [9.17, 15) is 4.79 Å². The Morgan fingerprint density at radius 3 is 2.45 bits per heavy atom. The third kappa shape index (κ3) is 1.66. The number of hydrogen-bond donors (Lipinski definition) is 3. The van der Waals surface area contributed by atoms with Gasteiger partial charge in [0.15, 0.2) is 0 Å². The van der Waals surface area contributed by atoms with Crippen LogP contribution in [0.1, 0.15) is 0 Å². The molecule has 0 aromatic rings. The van der Waals surface area contributed by atoms with Crippen LogP contribution in [0.4, 0.5) is 0 Å². The monoisotopic (exact) mass is 156 g/mol. The van der Waals surface area contributed by atoms with Crippen molar-refractivity contribution in [2.45, 2.75) is 12.2 Å². The summed E-state index contributed by atoms with van der Waals surface area (Å²) in [7, 11) is 0. The minimum atomic E-state index is -1.11. The van der Waals surface area contributed by atoms with Crippen LogP contribution in [-0.4, -0.2) is 33.5 Å². The first-order valence-corrected chi connectivity index (χ1v) is 3.10. The van der Waals surface area contributed by atoms with E-state index in [1.54, 1.807) is 0 Å². The largest absolute Gasteiger partial charge is 0.478 e. The normalized spacial score (nSPS) is 29.8. The highest BCUT2D eigenvalue weighted by Crippen LogP contribution is 2.10. The van der Waals surface area contributed by atoms with Crippen LogP contribution in [0.2, 0.25) is 0 Å².